The highest BCUT2D eigenvalue weighted by Crippen LogP contribution is 2.13. The third-order valence-electron chi connectivity index (χ3n) is 11.3. The number of hydrogen-bond donors (Lipinski definition) is 0. The number of carbonyl (C=O) groups is 3. The van der Waals surface area contributed by atoms with Crippen molar-refractivity contribution in [1.82, 2.24) is 0 Å². The van der Waals surface area contributed by atoms with Gasteiger partial charge in [-0.05, 0) is 128 Å². The van der Waals surface area contributed by atoms with Crippen LogP contribution in [0.25, 0.3) is 0 Å². The van der Waals surface area contributed by atoms with E-state index in [1.165, 1.54) is 38.5 Å². The lowest BCUT2D eigenvalue weighted by Crippen LogP contribution is -2.30. The molecule has 0 aromatic heterocycles. The third kappa shape index (κ3) is 56.1. The lowest BCUT2D eigenvalue weighted by molar-refractivity contribution is -0.166. The van der Waals surface area contributed by atoms with Crippen LogP contribution in [0.2, 0.25) is 0 Å². The second-order valence-electron chi connectivity index (χ2n) is 18.1. The molecule has 0 saturated heterocycles. The second kappa shape index (κ2) is 57.9. The number of allylic oxidation sites excluding steroid dienone is 24. The molecule has 0 radical (unpaired) electrons. The predicted molar refractivity (Wildman–Crippen MR) is 306 cm³/mol. The molecule has 71 heavy (non-hydrogen) atoms. The van der Waals surface area contributed by atoms with Crippen LogP contribution in [0.1, 0.15) is 226 Å². The highest BCUT2D eigenvalue weighted by molar-refractivity contribution is 5.71. The first-order chi connectivity index (χ1) is 35.0. The second-order valence-corrected chi connectivity index (χ2v) is 18.1. The van der Waals surface area contributed by atoms with Crippen LogP contribution in [0.15, 0.2) is 146 Å². The Morgan fingerprint density at radius 3 is 0.944 bits per heavy atom. The zero-order valence-corrected chi connectivity index (χ0v) is 45.4. The van der Waals surface area contributed by atoms with Gasteiger partial charge in [-0.3, -0.25) is 14.4 Å². The van der Waals surface area contributed by atoms with E-state index in [0.717, 1.165) is 141 Å². The van der Waals surface area contributed by atoms with Gasteiger partial charge in [0.1, 0.15) is 13.2 Å². The molecular formula is C65H102O6. The van der Waals surface area contributed by atoms with Crippen LogP contribution in [-0.2, 0) is 28.6 Å². The number of ether oxygens (including phenoxy) is 3. The number of unbranched alkanes of at least 4 members (excludes halogenated alkanes) is 14. The lowest BCUT2D eigenvalue weighted by atomic mass is 10.1. The number of rotatable bonds is 49. The molecule has 0 aliphatic carbocycles. The van der Waals surface area contributed by atoms with Crippen molar-refractivity contribution in [3.63, 3.8) is 0 Å². The molecule has 0 aliphatic rings. The first-order valence-electron chi connectivity index (χ1n) is 28.3. The molecule has 1 atom stereocenters. The number of esters is 3. The zero-order valence-electron chi connectivity index (χ0n) is 45.4. The average molecular weight is 980 g/mol. The molecule has 0 rings (SSSR count). The van der Waals surface area contributed by atoms with E-state index in [2.05, 4.69) is 154 Å². The molecule has 0 fully saturated rings. The Morgan fingerprint density at radius 1 is 0.296 bits per heavy atom. The van der Waals surface area contributed by atoms with Gasteiger partial charge in [0.05, 0.1) is 0 Å². The van der Waals surface area contributed by atoms with Crippen LogP contribution in [-0.4, -0.2) is 37.2 Å². The van der Waals surface area contributed by atoms with Crippen LogP contribution < -0.4 is 0 Å². The Balaban J connectivity index is 4.52. The van der Waals surface area contributed by atoms with Gasteiger partial charge in [0, 0.05) is 19.3 Å². The normalized spacial score (nSPS) is 13.2. The molecule has 398 valence electrons. The van der Waals surface area contributed by atoms with Gasteiger partial charge in [0.2, 0.25) is 0 Å². The molecule has 6 nitrogen and oxygen atoms in total. The van der Waals surface area contributed by atoms with Crippen molar-refractivity contribution in [1.29, 1.82) is 0 Å². The van der Waals surface area contributed by atoms with Crippen LogP contribution in [0.4, 0.5) is 0 Å². The van der Waals surface area contributed by atoms with Crippen molar-refractivity contribution >= 4 is 17.9 Å². The summed E-state index contributed by atoms with van der Waals surface area (Å²) in [6.07, 6.45) is 82.7. The number of hydrogen-bond acceptors (Lipinski definition) is 6. The molecule has 0 bridgehead atoms. The molecule has 0 aromatic rings. The van der Waals surface area contributed by atoms with Crippen molar-refractivity contribution in [2.75, 3.05) is 13.2 Å². The van der Waals surface area contributed by atoms with Gasteiger partial charge in [-0.2, -0.15) is 0 Å². The van der Waals surface area contributed by atoms with E-state index in [4.69, 9.17) is 14.2 Å². The Morgan fingerprint density at radius 2 is 0.577 bits per heavy atom. The minimum absolute atomic E-state index is 0.122. The smallest absolute Gasteiger partial charge is 0.306 e. The van der Waals surface area contributed by atoms with Crippen LogP contribution in [0, 0.1) is 0 Å². The van der Waals surface area contributed by atoms with Gasteiger partial charge in [-0.15, -0.1) is 0 Å². The molecule has 1 unspecified atom stereocenters. The standard InChI is InChI=1S/C65H102O6/c1-4-7-10-13-16-19-22-25-27-29-31-32-34-35-37-40-43-46-49-52-55-58-64(67)70-61-62(60-69-63(66)57-54-51-48-45-42-39-24-21-18-15-12-9-6-3)71-65(68)59-56-53-50-47-44-41-38-36-33-30-28-26-23-20-17-14-11-8-5-2/h7,9-10,12,16-21,25-28,31-33,35-37,39,42,48,51,62H,4-6,8,11,13-15,22-24,29-30,34,38,40-41,43-47,49-50,52-61H2,1-3H3/b10-7-,12-9-,19-16-,20-17-,21-18-,27-25-,28-26-,32-31-,36-33-,37-35-,42-39-,51-48-. The van der Waals surface area contributed by atoms with E-state index >= 15 is 0 Å². The molecule has 0 amide bonds. The largest absolute Gasteiger partial charge is 0.462 e. The summed E-state index contributed by atoms with van der Waals surface area (Å²) in [6.45, 7) is 6.27. The zero-order chi connectivity index (χ0) is 51.4. The predicted octanol–water partition coefficient (Wildman–Crippen LogP) is 19.2. The lowest BCUT2D eigenvalue weighted by Gasteiger charge is -2.18. The average Bonchev–Trinajstić information content (AvgIpc) is 3.37. The molecule has 0 heterocycles. The Kier molecular flexibility index (Phi) is 54.0. The summed E-state index contributed by atoms with van der Waals surface area (Å²) in [5.41, 5.74) is 0. The molecule has 0 aromatic carbocycles. The van der Waals surface area contributed by atoms with Gasteiger partial charge >= 0.3 is 17.9 Å². The van der Waals surface area contributed by atoms with Gasteiger partial charge in [-0.25, -0.2) is 0 Å². The van der Waals surface area contributed by atoms with Crippen LogP contribution >= 0.6 is 0 Å². The van der Waals surface area contributed by atoms with Crippen molar-refractivity contribution in [3.05, 3.63) is 146 Å². The van der Waals surface area contributed by atoms with E-state index in [0.29, 0.717) is 12.8 Å². The highest BCUT2D eigenvalue weighted by atomic mass is 16.6. The minimum atomic E-state index is -0.829. The highest BCUT2D eigenvalue weighted by Gasteiger charge is 2.19. The molecule has 6 heteroatoms. The van der Waals surface area contributed by atoms with E-state index in [1.54, 1.807) is 0 Å². The summed E-state index contributed by atoms with van der Waals surface area (Å²) < 4.78 is 16.8. The van der Waals surface area contributed by atoms with Crippen molar-refractivity contribution in [2.45, 2.75) is 232 Å². The van der Waals surface area contributed by atoms with Gasteiger partial charge in [0.25, 0.3) is 0 Å². The summed E-state index contributed by atoms with van der Waals surface area (Å²) in [7, 11) is 0. The summed E-state index contributed by atoms with van der Waals surface area (Å²) >= 11 is 0. The topological polar surface area (TPSA) is 78.9 Å². The van der Waals surface area contributed by atoms with Crippen molar-refractivity contribution in [2.24, 2.45) is 0 Å². The van der Waals surface area contributed by atoms with Gasteiger partial charge < -0.3 is 14.2 Å². The van der Waals surface area contributed by atoms with Gasteiger partial charge in [0.15, 0.2) is 6.10 Å². The summed E-state index contributed by atoms with van der Waals surface area (Å²) in [4.78, 5) is 38.1. The first kappa shape index (κ1) is 66.3. The fourth-order valence-electron chi connectivity index (χ4n) is 7.13. The maximum absolute atomic E-state index is 12.9. The quantitative estimate of drug-likeness (QED) is 0.0262. The van der Waals surface area contributed by atoms with E-state index in [9.17, 15) is 14.4 Å². The maximum Gasteiger partial charge on any atom is 0.306 e. The number of carbonyl (C=O) groups excluding carboxylic acids is 3. The van der Waals surface area contributed by atoms with Gasteiger partial charge in [-0.1, -0.05) is 224 Å². The summed E-state index contributed by atoms with van der Waals surface area (Å²) in [5.74, 6) is -1.04. The Labute approximate surface area is 436 Å². The first-order valence-corrected chi connectivity index (χ1v) is 28.3. The van der Waals surface area contributed by atoms with Crippen LogP contribution in [0.3, 0.4) is 0 Å². The fourth-order valence-corrected chi connectivity index (χ4v) is 7.13. The summed E-state index contributed by atoms with van der Waals surface area (Å²) in [6, 6.07) is 0. The monoisotopic (exact) mass is 979 g/mol. The third-order valence-corrected chi connectivity index (χ3v) is 11.3. The molecule has 0 saturated carbocycles. The van der Waals surface area contributed by atoms with E-state index in [1.807, 2.05) is 12.2 Å². The molecule has 0 aliphatic heterocycles. The van der Waals surface area contributed by atoms with Crippen molar-refractivity contribution < 1.29 is 28.6 Å². The van der Waals surface area contributed by atoms with Crippen molar-refractivity contribution in [3.8, 4) is 0 Å². The Hall–Kier alpha value is -4.71. The van der Waals surface area contributed by atoms with E-state index < -0.39 is 6.10 Å². The van der Waals surface area contributed by atoms with E-state index in [-0.39, 0.29) is 44.0 Å². The molecule has 0 spiro atoms. The fraction of sp³-hybridized carbons (Fsp3) is 0.585. The maximum atomic E-state index is 12.9. The summed E-state index contributed by atoms with van der Waals surface area (Å²) in [5, 5.41) is 0. The molecular weight excluding hydrogens is 877 g/mol. The Bertz CT molecular complexity index is 1590. The minimum Gasteiger partial charge on any atom is -0.462 e. The van der Waals surface area contributed by atoms with Crippen LogP contribution in [0.5, 0.6) is 0 Å². The molecule has 0 N–H and O–H groups in total. The SMILES string of the molecule is CC/C=C\C/C=C\C/C=C\C/C=C\C/C=C\CCCCCCCC(=O)OCC(COC(=O)CC/C=C\C/C=C\C/C=C\C/C=C\CC)OC(=O)CCCCCCCC/C=C\C/C=C\C/C=C\CCCCC.